The highest BCUT2D eigenvalue weighted by Gasteiger charge is 2.47. The number of amides is 2. The zero-order valence-corrected chi connectivity index (χ0v) is 17.4. The number of nitrogens with one attached hydrogen (secondary N) is 2. The molecular formula is C25H24N3O3+. The predicted molar refractivity (Wildman–Crippen MR) is 118 cm³/mol. The van der Waals surface area contributed by atoms with Crippen molar-refractivity contribution in [2.75, 3.05) is 7.11 Å². The summed E-state index contributed by atoms with van der Waals surface area (Å²) in [7, 11) is 1.61. The number of aryl methyl sites for hydroxylation is 1. The number of hydrazone groups is 1. The van der Waals surface area contributed by atoms with E-state index in [0.717, 1.165) is 22.4 Å². The van der Waals surface area contributed by atoms with Crippen molar-refractivity contribution in [2.45, 2.75) is 19.0 Å². The maximum atomic E-state index is 12.9. The fourth-order valence-corrected chi connectivity index (χ4v) is 3.72. The van der Waals surface area contributed by atoms with Gasteiger partial charge in [0, 0.05) is 16.7 Å². The largest absolute Gasteiger partial charge is 0.497 e. The third kappa shape index (κ3) is 4.48. The third-order valence-electron chi connectivity index (χ3n) is 5.23. The molecule has 0 bridgehead atoms. The van der Waals surface area contributed by atoms with Gasteiger partial charge in [-0.2, -0.15) is 0 Å². The highest BCUT2D eigenvalue weighted by atomic mass is 16.5. The lowest BCUT2D eigenvalue weighted by atomic mass is 9.99. The molecule has 0 unspecified atom stereocenters. The number of hydrogen-bond acceptors (Lipinski definition) is 3. The number of carbonyl (C=O) groups excluding carboxylic acids is 2. The molecule has 2 N–H and O–H groups in total. The molecule has 4 rings (SSSR count). The van der Waals surface area contributed by atoms with Crippen molar-refractivity contribution >= 4 is 18.0 Å². The molecule has 1 saturated heterocycles. The van der Waals surface area contributed by atoms with Crippen molar-refractivity contribution in [1.82, 2.24) is 10.7 Å². The Hall–Kier alpha value is -3.93. The monoisotopic (exact) mass is 414 g/mol. The Balaban J connectivity index is 1.69. The lowest BCUT2D eigenvalue weighted by molar-refractivity contribution is -0.596. The maximum Gasteiger partial charge on any atom is 0.304 e. The molecule has 0 saturated carbocycles. The molecule has 0 aromatic heterocycles. The molecule has 1 aliphatic rings. The van der Waals surface area contributed by atoms with Gasteiger partial charge in [-0.15, -0.1) is 10.1 Å². The lowest BCUT2D eigenvalue weighted by Gasteiger charge is -2.15. The molecule has 1 fully saturated rings. The Morgan fingerprint density at radius 3 is 2.55 bits per heavy atom. The number of hydrazine groups is 1. The Kier molecular flexibility index (Phi) is 5.80. The van der Waals surface area contributed by atoms with Crippen LogP contribution in [0, 0.1) is 6.92 Å². The minimum atomic E-state index is -0.753. The zero-order chi connectivity index (χ0) is 21.8. The molecule has 0 spiro atoms. The Bertz CT molecular complexity index is 1140. The molecule has 0 radical (unpaired) electrons. The Labute approximate surface area is 181 Å². The van der Waals surface area contributed by atoms with Crippen molar-refractivity contribution in [2.24, 2.45) is 0 Å². The van der Waals surface area contributed by atoms with Crippen LogP contribution in [-0.2, 0) is 4.79 Å². The fraction of sp³-hybridized carbons (Fsp3) is 0.160. The third-order valence-corrected chi connectivity index (χ3v) is 5.23. The van der Waals surface area contributed by atoms with E-state index in [4.69, 9.17) is 4.74 Å². The highest BCUT2D eigenvalue weighted by molar-refractivity contribution is 5.98. The molecule has 31 heavy (non-hydrogen) atoms. The fourth-order valence-electron chi connectivity index (χ4n) is 3.72. The van der Waals surface area contributed by atoms with Crippen LogP contribution in [0.15, 0.2) is 78.9 Å². The summed E-state index contributed by atoms with van der Waals surface area (Å²) in [6.07, 6.45) is 1.84. The van der Waals surface area contributed by atoms with Crippen molar-refractivity contribution < 1.29 is 19.0 Å². The Morgan fingerprint density at radius 1 is 1.03 bits per heavy atom. The van der Waals surface area contributed by atoms with E-state index in [-0.39, 0.29) is 11.8 Å². The number of ether oxygens (including phenoxy) is 1. The normalized spacial score (nSPS) is 19.2. The summed E-state index contributed by atoms with van der Waals surface area (Å²) in [5.41, 5.74) is 6.17. The first-order valence-electron chi connectivity index (χ1n) is 10.1. The average Bonchev–Trinajstić information content (AvgIpc) is 3.08. The molecule has 3 aromatic rings. The summed E-state index contributed by atoms with van der Waals surface area (Å²) in [5.74, 6) is 0.168. The van der Waals surface area contributed by atoms with Gasteiger partial charge in [0.05, 0.1) is 7.11 Å². The minimum Gasteiger partial charge on any atom is -0.497 e. The van der Waals surface area contributed by atoms with Gasteiger partial charge in [-0.3, -0.25) is 9.59 Å². The van der Waals surface area contributed by atoms with Gasteiger partial charge in [-0.05, 0) is 37.3 Å². The van der Waals surface area contributed by atoms with Crippen LogP contribution < -0.4 is 15.5 Å². The molecule has 6 heteroatoms. The van der Waals surface area contributed by atoms with Crippen LogP contribution in [0.4, 0.5) is 0 Å². The molecule has 2 atom stereocenters. The van der Waals surface area contributed by atoms with Crippen molar-refractivity contribution in [3.8, 4) is 5.75 Å². The van der Waals surface area contributed by atoms with Crippen molar-refractivity contribution in [1.29, 1.82) is 0 Å². The molecule has 156 valence electrons. The van der Waals surface area contributed by atoms with Gasteiger partial charge in [0.1, 0.15) is 5.75 Å². The van der Waals surface area contributed by atoms with Crippen LogP contribution >= 0.6 is 0 Å². The van der Waals surface area contributed by atoms with Crippen molar-refractivity contribution in [3.63, 3.8) is 0 Å². The quantitative estimate of drug-likeness (QED) is 0.631. The standard InChI is InChI=1S/C25H23N3O3/c1-17-8-6-12-20(14-17)24(29)26-22-23(19-10-4-3-5-11-19)28(27-25(22)30)16-18-9-7-13-21(15-18)31-2/h3-16,22-23H,1-2H3,(H-,26,27,29,30)/p+1/b28-16-/t22-,23-/m0/s1. The van der Waals surface area contributed by atoms with Crippen LogP contribution in [0.2, 0.25) is 0 Å². The number of hydrogen-bond donors (Lipinski definition) is 2. The summed E-state index contributed by atoms with van der Waals surface area (Å²) in [6, 6.07) is 23.4. The molecule has 2 amide bonds. The van der Waals surface area contributed by atoms with Gasteiger partial charge in [-0.1, -0.05) is 54.1 Å². The van der Waals surface area contributed by atoms with Gasteiger partial charge in [0.15, 0.2) is 6.04 Å². The van der Waals surface area contributed by atoms with Crippen LogP contribution in [0.1, 0.15) is 33.1 Å². The van der Waals surface area contributed by atoms with Gasteiger partial charge in [0.25, 0.3) is 5.91 Å². The first-order valence-corrected chi connectivity index (χ1v) is 10.1. The average molecular weight is 414 g/mol. The van der Waals surface area contributed by atoms with Gasteiger partial charge in [-0.25, -0.2) is 0 Å². The summed E-state index contributed by atoms with van der Waals surface area (Å²) in [4.78, 5) is 25.8. The van der Waals surface area contributed by atoms with Crippen LogP contribution in [-0.4, -0.2) is 35.9 Å². The smallest absolute Gasteiger partial charge is 0.304 e. The van der Waals surface area contributed by atoms with Crippen LogP contribution in [0.5, 0.6) is 5.75 Å². The number of rotatable bonds is 5. The second-order valence-corrected chi connectivity index (χ2v) is 7.47. The van der Waals surface area contributed by atoms with E-state index in [9.17, 15) is 9.59 Å². The summed E-state index contributed by atoms with van der Waals surface area (Å²) in [6.45, 7) is 1.93. The van der Waals surface area contributed by atoms with E-state index in [1.807, 2.05) is 79.9 Å². The summed E-state index contributed by atoms with van der Waals surface area (Å²) >= 11 is 0. The molecule has 0 aliphatic carbocycles. The number of nitrogens with zero attached hydrogens (tertiary/aromatic N) is 1. The first-order chi connectivity index (χ1) is 15.0. The molecule has 1 aliphatic heterocycles. The second-order valence-electron chi connectivity index (χ2n) is 7.47. The van der Waals surface area contributed by atoms with E-state index in [1.54, 1.807) is 23.9 Å². The summed E-state index contributed by atoms with van der Waals surface area (Å²) < 4.78 is 7.05. The Morgan fingerprint density at radius 2 is 1.81 bits per heavy atom. The van der Waals surface area contributed by atoms with Gasteiger partial charge in [0.2, 0.25) is 12.3 Å². The SMILES string of the molecule is COc1cccc(/C=[N+]2\NC(=O)[C@@H](NC(=O)c3cccc(C)c3)[C@@H]2c2ccccc2)c1. The van der Waals surface area contributed by atoms with Crippen molar-refractivity contribution in [3.05, 3.63) is 101 Å². The van der Waals surface area contributed by atoms with Crippen LogP contribution in [0.3, 0.4) is 0 Å². The van der Waals surface area contributed by atoms with E-state index >= 15 is 0 Å². The lowest BCUT2D eigenvalue weighted by Crippen LogP contribution is -2.42. The number of benzene rings is 3. The topological polar surface area (TPSA) is 70.4 Å². The number of methoxy groups -OCH3 is 1. The zero-order valence-electron chi connectivity index (χ0n) is 17.4. The molecule has 1 heterocycles. The van der Waals surface area contributed by atoms with Gasteiger partial charge < -0.3 is 10.1 Å². The summed E-state index contributed by atoms with van der Waals surface area (Å²) in [5, 5.41) is 2.92. The first kappa shape index (κ1) is 20.3. The molecule has 6 nitrogen and oxygen atoms in total. The van der Waals surface area contributed by atoms with E-state index in [1.165, 1.54) is 0 Å². The second kappa shape index (κ2) is 8.83. The maximum absolute atomic E-state index is 12.9. The van der Waals surface area contributed by atoms with Crippen LogP contribution in [0.25, 0.3) is 0 Å². The van der Waals surface area contributed by atoms with Gasteiger partial charge >= 0.3 is 5.91 Å². The minimum absolute atomic E-state index is 0.269. The highest BCUT2D eigenvalue weighted by Crippen LogP contribution is 2.25. The van der Waals surface area contributed by atoms with E-state index in [0.29, 0.717) is 5.56 Å². The molecular weight excluding hydrogens is 390 g/mol. The molecule has 3 aromatic carbocycles. The van der Waals surface area contributed by atoms with E-state index < -0.39 is 12.1 Å². The van der Waals surface area contributed by atoms with E-state index in [2.05, 4.69) is 10.7 Å². The number of carbonyl (C=O) groups is 2. The predicted octanol–water partition coefficient (Wildman–Crippen LogP) is 3.02.